The Morgan fingerprint density at radius 2 is 1.92 bits per heavy atom. The number of nitrogens with one attached hydrogen (secondary N) is 1. The van der Waals surface area contributed by atoms with Crippen LogP contribution in [0.4, 0.5) is 5.69 Å². The molecule has 2 aromatic heterocycles. The van der Waals surface area contributed by atoms with Crippen molar-refractivity contribution in [2.75, 3.05) is 44.2 Å². The van der Waals surface area contributed by atoms with Crippen LogP contribution >= 0.6 is 11.3 Å². The number of carbonyl (C=O) groups is 1. The molecule has 0 bridgehead atoms. The van der Waals surface area contributed by atoms with Crippen molar-refractivity contribution in [2.24, 2.45) is 0 Å². The van der Waals surface area contributed by atoms with Crippen molar-refractivity contribution in [3.63, 3.8) is 0 Å². The fourth-order valence-corrected chi connectivity index (χ4v) is 6.02. The number of hydrogen-bond acceptors (Lipinski definition) is 7. The average Bonchev–Trinajstić information content (AvgIpc) is 3.54. The Morgan fingerprint density at radius 1 is 1.13 bits per heavy atom. The molecule has 1 aliphatic heterocycles. The molecule has 2 aromatic carbocycles. The highest BCUT2D eigenvalue weighted by Crippen LogP contribution is 2.30. The largest absolute Gasteiger partial charge is 0.462 e. The third-order valence-corrected chi connectivity index (χ3v) is 8.36. The number of benzene rings is 2. The molecule has 1 N–H and O–H groups in total. The van der Waals surface area contributed by atoms with Gasteiger partial charge in [-0.25, -0.2) is 9.78 Å². The topological polar surface area (TPSA) is 85.2 Å². The molecule has 0 saturated carbocycles. The fourth-order valence-electron chi connectivity index (χ4n) is 5.06. The van der Waals surface area contributed by atoms with Gasteiger partial charge >= 0.3 is 5.97 Å². The van der Waals surface area contributed by atoms with Gasteiger partial charge in [-0.1, -0.05) is 0 Å². The number of piperazine rings is 1. The minimum Gasteiger partial charge on any atom is -0.462 e. The molecule has 0 aliphatic carbocycles. The van der Waals surface area contributed by atoms with Gasteiger partial charge in [-0.15, -0.1) is 11.3 Å². The van der Waals surface area contributed by atoms with Gasteiger partial charge in [-0.3, -0.25) is 4.90 Å². The normalized spacial score (nSPS) is 14.1. The van der Waals surface area contributed by atoms with Crippen LogP contribution in [0, 0.1) is 18.3 Å². The number of H-pyrrole nitrogens is 1. The zero-order valence-corrected chi connectivity index (χ0v) is 22.8. The number of carbonyl (C=O) groups excluding carboxylic acids is 1. The zero-order chi connectivity index (χ0) is 26.5. The maximum absolute atomic E-state index is 12.1. The zero-order valence-electron chi connectivity index (χ0n) is 22.0. The van der Waals surface area contributed by atoms with Crippen molar-refractivity contribution < 1.29 is 9.53 Å². The molecule has 0 radical (unpaired) electrons. The van der Waals surface area contributed by atoms with Gasteiger partial charge in [-0.2, -0.15) is 5.26 Å². The van der Waals surface area contributed by atoms with Gasteiger partial charge in [0.2, 0.25) is 0 Å². The lowest BCUT2D eigenvalue weighted by molar-refractivity contribution is 0.0531. The summed E-state index contributed by atoms with van der Waals surface area (Å²) < 4.78 is 5.15. The van der Waals surface area contributed by atoms with E-state index in [1.807, 2.05) is 32.0 Å². The summed E-state index contributed by atoms with van der Waals surface area (Å²) in [5.41, 5.74) is 6.09. The maximum Gasteiger partial charge on any atom is 0.350 e. The van der Waals surface area contributed by atoms with E-state index in [4.69, 9.17) is 4.74 Å². The second kappa shape index (κ2) is 11.8. The Bertz CT molecular complexity index is 1440. The monoisotopic (exact) mass is 527 g/mol. The van der Waals surface area contributed by atoms with Crippen LogP contribution in [0.25, 0.3) is 21.5 Å². The van der Waals surface area contributed by atoms with Crippen LogP contribution in [0.5, 0.6) is 0 Å². The molecule has 5 rings (SSSR count). The predicted octanol–water partition coefficient (Wildman–Crippen LogP) is 5.79. The smallest absolute Gasteiger partial charge is 0.350 e. The van der Waals surface area contributed by atoms with Crippen molar-refractivity contribution in [2.45, 2.75) is 33.1 Å². The van der Waals surface area contributed by atoms with Crippen molar-refractivity contribution in [1.29, 1.82) is 5.26 Å². The molecule has 0 amide bonds. The molecule has 196 valence electrons. The van der Waals surface area contributed by atoms with Crippen molar-refractivity contribution in [3.05, 3.63) is 70.4 Å². The fraction of sp³-hybridized carbons (Fsp3) is 0.367. The SMILES string of the molecule is CCOC(=O)c1sc(-c2ccc(N3CCN(CCCCc4c[nH]c5ccc(C#N)cc45)CC3)cc2)nc1C. The van der Waals surface area contributed by atoms with E-state index in [2.05, 4.69) is 56.3 Å². The van der Waals surface area contributed by atoms with E-state index < -0.39 is 0 Å². The summed E-state index contributed by atoms with van der Waals surface area (Å²) in [5.74, 6) is -0.296. The summed E-state index contributed by atoms with van der Waals surface area (Å²) >= 11 is 1.39. The first kappa shape index (κ1) is 26.0. The van der Waals surface area contributed by atoms with Crippen LogP contribution in [0.3, 0.4) is 0 Å². The maximum atomic E-state index is 12.1. The number of unbranched alkanes of at least 4 members (excludes halogenated alkanes) is 1. The summed E-state index contributed by atoms with van der Waals surface area (Å²) in [6.07, 6.45) is 5.42. The van der Waals surface area contributed by atoms with Crippen molar-refractivity contribution >= 4 is 33.9 Å². The number of rotatable bonds is 9. The Morgan fingerprint density at radius 3 is 2.66 bits per heavy atom. The summed E-state index contributed by atoms with van der Waals surface area (Å²) in [4.78, 5) is 25.6. The summed E-state index contributed by atoms with van der Waals surface area (Å²) in [6, 6.07) is 16.6. The number of fused-ring (bicyclic) bond motifs is 1. The molecule has 0 unspecified atom stereocenters. The lowest BCUT2D eigenvalue weighted by Gasteiger charge is -2.36. The predicted molar refractivity (Wildman–Crippen MR) is 153 cm³/mol. The van der Waals surface area contributed by atoms with Gasteiger partial charge in [0.25, 0.3) is 0 Å². The molecule has 38 heavy (non-hydrogen) atoms. The van der Waals surface area contributed by atoms with Crippen LogP contribution in [0.15, 0.2) is 48.7 Å². The van der Waals surface area contributed by atoms with Crippen molar-refractivity contribution in [3.8, 4) is 16.6 Å². The molecule has 0 spiro atoms. The highest BCUT2D eigenvalue weighted by atomic mass is 32.1. The van der Waals surface area contributed by atoms with E-state index in [1.165, 1.54) is 34.4 Å². The van der Waals surface area contributed by atoms with E-state index >= 15 is 0 Å². The molecule has 1 fully saturated rings. The van der Waals surface area contributed by atoms with Gasteiger partial charge in [0.15, 0.2) is 0 Å². The van der Waals surface area contributed by atoms with Crippen LogP contribution in [-0.2, 0) is 11.2 Å². The van der Waals surface area contributed by atoms with Crippen LogP contribution in [0.2, 0.25) is 0 Å². The molecular weight excluding hydrogens is 494 g/mol. The average molecular weight is 528 g/mol. The third-order valence-electron chi connectivity index (χ3n) is 7.18. The second-order valence-corrected chi connectivity index (χ2v) is 10.7. The number of aromatic amines is 1. The van der Waals surface area contributed by atoms with E-state index in [0.717, 1.165) is 67.3 Å². The van der Waals surface area contributed by atoms with Gasteiger partial charge < -0.3 is 14.6 Å². The lowest BCUT2D eigenvalue weighted by Crippen LogP contribution is -2.46. The number of aromatic nitrogens is 2. The molecule has 4 aromatic rings. The molecule has 1 aliphatic rings. The Labute approximate surface area is 227 Å². The van der Waals surface area contributed by atoms with Gasteiger partial charge in [0.1, 0.15) is 9.88 Å². The molecule has 3 heterocycles. The summed E-state index contributed by atoms with van der Waals surface area (Å²) in [6.45, 7) is 9.31. The minimum atomic E-state index is -0.296. The molecule has 7 nitrogen and oxygen atoms in total. The molecule has 1 saturated heterocycles. The van der Waals surface area contributed by atoms with Gasteiger partial charge in [-0.05, 0) is 87.7 Å². The number of nitrogens with zero attached hydrogens (tertiary/aromatic N) is 4. The van der Waals surface area contributed by atoms with Crippen LogP contribution in [0.1, 0.15) is 46.3 Å². The standard InChI is InChI=1S/C30H33N5O2S/c1-3-37-30(36)28-21(2)33-29(38-28)23-8-10-25(11-9-23)35-16-14-34(15-17-35)13-5-4-6-24-20-32-27-12-7-22(19-31)18-26(24)27/h7-12,18,20,32H,3-6,13-17H2,1-2H3. The molecule has 0 atom stereocenters. The van der Waals surface area contributed by atoms with Crippen molar-refractivity contribution in [1.82, 2.24) is 14.9 Å². The first-order valence-electron chi connectivity index (χ1n) is 13.3. The highest BCUT2D eigenvalue weighted by Gasteiger charge is 2.19. The number of aryl methyl sites for hydroxylation is 2. The first-order chi connectivity index (χ1) is 18.6. The number of ether oxygens (including phenoxy) is 1. The number of hydrogen-bond donors (Lipinski definition) is 1. The third kappa shape index (κ3) is 5.74. The van der Waals surface area contributed by atoms with E-state index in [-0.39, 0.29) is 5.97 Å². The van der Waals surface area contributed by atoms with Crippen LogP contribution in [-0.4, -0.2) is 60.2 Å². The molecular formula is C30H33N5O2S. The lowest BCUT2D eigenvalue weighted by atomic mass is 10.1. The minimum absolute atomic E-state index is 0.296. The number of esters is 1. The quantitative estimate of drug-likeness (QED) is 0.219. The Balaban J connectivity index is 1.08. The van der Waals surface area contributed by atoms with Gasteiger partial charge in [0.05, 0.1) is 23.9 Å². The highest BCUT2D eigenvalue weighted by molar-refractivity contribution is 7.17. The summed E-state index contributed by atoms with van der Waals surface area (Å²) in [5, 5.41) is 11.2. The number of nitriles is 1. The summed E-state index contributed by atoms with van der Waals surface area (Å²) in [7, 11) is 0. The van der Waals surface area contributed by atoms with E-state index in [9.17, 15) is 10.1 Å². The molecule has 8 heteroatoms. The van der Waals surface area contributed by atoms with E-state index in [1.54, 1.807) is 0 Å². The second-order valence-electron chi connectivity index (χ2n) is 9.67. The Kier molecular flexibility index (Phi) is 8.06. The number of anilines is 1. The first-order valence-corrected chi connectivity index (χ1v) is 14.1. The van der Waals surface area contributed by atoms with Gasteiger partial charge in [0, 0.05) is 54.5 Å². The van der Waals surface area contributed by atoms with Crippen LogP contribution < -0.4 is 4.90 Å². The number of thiazole rings is 1. The van der Waals surface area contributed by atoms with E-state index in [0.29, 0.717) is 17.0 Å². The Hall–Kier alpha value is -3.67.